The van der Waals surface area contributed by atoms with Crippen molar-refractivity contribution in [1.29, 1.82) is 5.26 Å². The van der Waals surface area contributed by atoms with Crippen molar-refractivity contribution in [3.8, 4) is 6.07 Å². The number of aromatic amines is 1. The molecule has 0 aliphatic heterocycles. The summed E-state index contributed by atoms with van der Waals surface area (Å²) in [5.74, 6) is 0.264. The van der Waals surface area contributed by atoms with Crippen LogP contribution in [0, 0.1) is 11.3 Å². The summed E-state index contributed by atoms with van der Waals surface area (Å²) in [6.45, 7) is 0. The highest BCUT2D eigenvalue weighted by Gasteiger charge is 2.39. The second kappa shape index (κ2) is 4.62. The van der Waals surface area contributed by atoms with Gasteiger partial charge in [-0.2, -0.15) is 5.26 Å². The molecular weight excluding hydrogens is 238 g/mol. The molecule has 0 radical (unpaired) electrons. The van der Waals surface area contributed by atoms with Gasteiger partial charge in [0.15, 0.2) is 0 Å². The lowest BCUT2D eigenvalue weighted by Gasteiger charge is -2.03. The quantitative estimate of drug-likeness (QED) is 0.877. The Balaban J connectivity index is 1.62. The van der Waals surface area contributed by atoms with E-state index in [9.17, 15) is 4.79 Å². The van der Waals surface area contributed by atoms with Gasteiger partial charge in [-0.05, 0) is 18.1 Å². The average Bonchev–Trinajstić information content (AvgIpc) is 3.04. The summed E-state index contributed by atoms with van der Waals surface area (Å²) in [4.78, 5) is 14.8. The highest BCUT2D eigenvalue weighted by atomic mass is 16.2. The van der Waals surface area contributed by atoms with Gasteiger partial charge in [0.05, 0.1) is 5.56 Å². The summed E-state index contributed by atoms with van der Waals surface area (Å²) < 4.78 is 0. The van der Waals surface area contributed by atoms with E-state index in [1.807, 2.05) is 24.3 Å². The summed E-state index contributed by atoms with van der Waals surface area (Å²) in [5, 5.41) is 11.7. The number of hydrogen-bond donors (Lipinski definition) is 2. The van der Waals surface area contributed by atoms with Crippen molar-refractivity contribution in [2.24, 2.45) is 0 Å². The maximum atomic E-state index is 11.9. The van der Waals surface area contributed by atoms with E-state index in [2.05, 4.69) is 22.4 Å². The normalized spacial score (nSPS) is 20.6. The van der Waals surface area contributed by atoms with E-state index in [1.165, 1.54) is 11.8 Å². The van der Waals surface area contributed by atoms with E-state index in [0.29, 0.717) is 17.2 Å². The first-order valence-electron chi connectivity index (χ1n) is 6.22. The van der Waals surface area contributed by atoms with E-state index in [0.717, 1.165) is 6.42 Å². The number of H-pyrrole nitrogens is 1. The molecule has 3 rings (SSSR count). The molecule has 1 fully saturated rings. The van der Waals surface area contributed by atoms with Crippen LogP contribution in [0.2, 0.25) is 0 Å². The lowest BCUT2D eigenvalue weighted by Crippen LogP contribution is -2.26. The van der Waals surface area contributed by atoms with Crippen LogP contribution in [0.4, 0.5) is 0 Å². The molecule has 0 bridgehead atoms. The molecule has 0 spiro atoms. The van der Waals surface area contributed by atoms with Crippen LogP contribution in [-0.2, 0) is 0 Å². The Morgan fingerprint density at radius 2 is 2.16 bits per heavy atom. The highest BCUT2D eigenvalue weighted by molar-refractivity contribution is 5.93. The number of hydrogen-bond acceptors (Lipinski definition) is 2. The number of aromatic nitrogens is 1. The van der Waals surface area contributed by atoms with Crippen LogP contribution >= 0.6 is 0 Å². The predicted molar refractivity (Wildman–Crippen MR) is 70.6 cm³/mol. The molecule has 4 heteroatoms. The van der Waals surface area contributed by atoms with Crippen molar-refractivity contribution in [3.63, 3.8) is 0 Å². The zero-order valence-electron chi connectivity index (χ0n) is 10.3. The van der Waals surface area contributed by atoms with Gasteiger partial charge < -0.3 is 10.3 Å². The van der Waals surface area contributed by atoms with Crippen LogP contribution in [-0.4, -0.2) is 16.9 Å². The molecule has 1 saturated carbocycles. The van der Waals surface area contributed by atoms with Gasteiger partial charge in [0.25, 0.3) is 5.91 Å². The fourth-order valence-electron chi connectivity index (χ4n) is 2.26. The third kappa shape index (κ3) is 2.36. The van der Waals surface area contributed by atoms with Gasteiger partial charge in [-0.1, -0.05) is 30.3 Å². The van der Waals surface area contributed by atoms with Crippen LogP contribution < -0.4 is 5.32 Å². The predicted octanol–water partition coefficient (Wildman–Crippen LogP) is 2.17. The molecule has 1 heterocycles. The first kappa shape index (κ1) is 11.5. The van der Waals surface area contributed by atoms with Crippen LogP contribution in [0.3, 0.4) is 0 Å². The number of nitrogens with one attached hydrogen (secondary N) is 2. The Morgan fingerprint density at radius 1 is 1.37 bits per heavy atom. The lowest BCUT2D eigenvalue weighted by atomic mass is 10.1. The number of benzene rings is 1. The van der Waals surface area contributed by atoms with Gasteiger partial charge in [0, 0.05) is 18.2 Å². The Hall–Kier alpha value is -2.54. The summed E-state index contributed by atoms with van der Waals surface area (Å²) in [6.07, 6.45) is 2.51. The number of carbonyl (C=O) groups is 1. The second-order valence-electron chi connectivity index (χ2n) is 4.75. The van der Waals surface area contributed by atoms with Crippen molar-refractivity contribution in [1.82, 2.24) is 10.3 Å². The minimum atomic E-state index is -0.148. The Bertz CT molecular complexity index is 639. The van der Waals surface area contributed by atoms with Crippen molar-refractivity contribution >= 4 is 5.91 Å². The van der Waals surface area contributed by atoms with E-state index in [-0.39, 0.29) is 11.9 Å². The molecule has 1 aromatic heterocycles. The number of nitrogens with zero attached hydrogens (tertiary/aromatic N) is 1. The van der Waals surface area contributed by atoms with E-state index in [4.69, 9.17) is 5.26 Å². The first-order valence-corrected chi connectivity index (χ1v) is 6.22. The largest absolute Gasteiger partial charge is 0.356 e. The standard InChI is InChI=1S/C15H13N3O/c16-8-10-6-14(17-9-10)15(19)18-13-7-12(13)11-4-2-1-3-5-11/h1-6,9,12-13,17H,7H2,(H,18,19). The van der Waals surface area contributed by atoms with E-state index < -0.39 is 0 Å². The molecule has 19 heavy (non-hydrogen) atoms. The Kier molecular flexibility index (Phi) is 2.81. The molecule has 1 amide bonds. The number of amides is 1. The van der Waals surface area contributed by atoms with Crippen LogP contribution in [0.25, 0.3) is 0 Å². The Morgan fingerprint density at radius 3 is 2.84 bits per heavy atom. The molecule has 4 nitrogen and oxygen atoms in total. The fourth-order valence-corrected chi connectivity index (χ4v) is 2.26. The van der Waals surface area contributed by atoms with Gasteiger partial charge in [-0.25, -0.2) is 0 Å². The van der Waals surface area contributed by atoms with Crippen molar-refractivity contribution in [2.45, 2.75) is 18.4 Å². The Labute approximate surface area is 111 Å². The summed E-state index contributed by atoms with van der Waals surface area (Å²) in [6, 6.07) is 13.9. The molecule has 2 aromatic rings. The van der Waals surface area contributed by atoms with Crippen LogP contribution in [0.5, 0.6) is 0 Å². The summed E-state index contributed by atoms with van der Waals surface area (Å²) >= 11 is 0. The van der Waals surface area contributed by atoms with Crippen LogP contribution in [0.1, 0.15) is 34.0 Å². The smallest absolute Gasteiger partial charge is 0.267 e. The van der Waals surface area contributed by atoms with Crippen molar-refractivity contribution < 1.29 is 4.79 Å². The molecule has 94 valence electrons. The van der Waals surface area contributed by atoms with Gasteiger partial charge >= 0.3 is 0 Å². The number of nitriles is 1. The third-order valence-corrected chi connectivity index (χ3v) is 3.39. The van der Waals surface area contributed by atoms with Crippen molar-refractivity contribution in [3.05, 3.63) is 59.4 Å². The number of carbonyl (C=O) groups excluding carboxylic acids is 1. The average molecular weight is 251 g/mol. The summed E-state index contributed by atoms with van der Waals surface area (Å²) in [5.41, 5.74) is 2.17. The summed E-state index contributed by atoms with van der Waals surface area (Å²) in [7, 11) is 0. The molecule has 1 aliphatic rings. The highest BCUT2D eigenvalue weighted by Crippen LogP contribution is 2.40. The molecular formula is C15H13N3O. The minimum absolute atomic E-state index is 0.148. The minimum Gasteiger partial charge on any atom is -0.356 e. The molecule has 1 aromatic carbocycles. The van der Waals surface area contributed by atoms with Crippen LogP contribution in [0.15, 0.2) is 42.6 Å². The monoisotopic (exact) mass is 251 g/mol. The molecule has 1 aliphatic carbocycles. The molecule has 2 atom stereocenters. The van der Waals surface area contributed by atoms with Gasteiger partial charge in [-0.15, -0.1) is 0 Å². The SMILES string of the molecule is N#Cc1c[nH]c(C(=O)NC2CC2c2ccccc2)c1. The van der Waals surface area contributed by atoms with E-state index >= 15 is 0 Å². The van der Waals surface area contributed by atoms with Gasteiger partial charge in [-0.3, -0.25) is 4.79 Å². The molecule has 0 saturated heterocycles. The maximum absolute atomic E-state index is 11.9. The zero-order chi connectivity index (χ0) is 13.2. The topological polar surface area (TPSA) is 68.7 Å². The maximum Gasteiger partial charge on any atom is 0.267 e. The van der Waals surface area contributed by atoms with Crippen molar-refractivity contribution in [2.75, 3.05) is 0 Å². The van der Waals surface area contributed by atoms with E-state index in [1.54, 1.807) is 6.07 Å². The van der Waals surface area contributed by atoms with Gasteiger partial charge in [0.1, 0.15) is 11.8 Å². The molecule has 2 N–H and O–H groups in total. The fraction of sp³-hybridized carbons (Fsp3) is 0.200. The van der Waals surface area contributed by atoms with Gasteiger partial charge in [0.2, 0.25) is 0 Å². The molecule has 2 unspecified atom stereocenters. The number of rotatable bonds is 3. The first-order chi connectivity index (χ1) is 9.28. The third-order valence-electron chi connectivity index (χ3n) is 3.39. The zero-order valence-corrected chi connectivity index (χ0v) is 10.3. The second-order valence-corrected chi connectivity index (χ2v) is 4.75. The lowest BCUT2D eigenvalue weighted by molar-refractivity contribution is 0.0946.